The predicted octanol–water partition coefficient (Wildman–Crippen LogP) is 10.0. The Balaban J connectivity index is 2.43. The first-order valence-electron chi connectivity index (χ1n) is 16.9. The van der Waals surface area contributed by atoms with Crippen LogP contribution in [0.25, 0.3) is 11.8 Å². The van der Waals surface area contributed by atoms with Gasteiger partial charge in [0.2, 0.25) is 0 Å². The fraction of sp³-hybridized carbons (Fsp3) is 0.605. The number of rotatable bonds is 15. The predicted molar refractivity (Wildman–Crippen MR) is 197 cm³/mol. The number of carbonyl (C=O) groups is 1. The summed E-state index contributed by atoms with van der Waals surface area (Å²) < 4.78 is 21.2. The molecule has 2 unspecified atom stereocenters. The van der Waals surface area contributed by atoms with Crippen LogP contribution in [-0.2, 0) is 4.74 Å². The lowest BCUT2D eigenvalue weighted by atomic mass is 9.99. The van der Waals surface area contributed by atoms with E-state index in [2.05, 4.69) is 77.3 Å². The molecule has 1 aliphatic rings. The molecule has 0 saturated carbocycles. The first-order chi connectivity index (χ1) is 21.6. The Bertz CT molecular complexity index is 1360. The SMILES string of the molecule is C=C(CC(CC)C(=NCC1C=CC(F)=CC1)SC)n1cc(C=CCN(CCC)C(=O)OC(C)(C)C)c(C)cc1=NC(C)(C)CCC. The van der Waals surface area contributed by atoms with Gasteiger partial charge in [-0.2, -0.15) is 0 Å². The molecule has 0 aliphatic heterocycles. The van der Waals surface area contributed by atoms with Crippen LogP contribution >= 0.6 is 11.8 Å². The summed E-state index contributed by atoms with van der Waals surface area (Å²) in [6.07, 6.45) is 18.4. The summed E-state index contributed by atoms with van der Waals surface area (Å²) >= 11 is 1.69. The van der Waals surface area contributed by atoms with Crippen molar-refractivity contribution in [3.63, 3.8) is 0 Å². The monoisotopic (exact) mass is 654 g/mol. The van der Waals surface area contributed by atoms with E-state index in [-0.39, 0.29) is 29.3 Å². The van der Waals surface area contributed by atoms with Crippen molar-refractivity contribution < 1.29 is 13.9 Å². The summed E-state index contributed by atoms with van der Waals surface area (Å²) in [5.74, 6) is 0.267. The summed E-state index contributed by atoms with van der Waals surface area (Å²) in [7, 11) is 0. The van der Waals surface area contributed by atoms with Crippen LogP contribution in [0.5, 0.6) is 0 Å². The fourth-order valence-electron chi connectivity index (χ4n) is 5.44. The van der Waals surface area contributed by atoms with Gasteiger partial charge in [-0.1, -0.05) is 52.0 Å². The molecule has 1 amide bonds. The molecule has 1 aliphatic carbocycles. The smallest absolute Gasteiger partial charge is 0.410 e. The molecule has 256 valence electrons. The number of amides is 1. The number of aliphatic imine (C=N–C) groups is 1. The maximum atomic E-state index is 13.5. The van der Waals surface area contributed by atoms with E-state index in [1.54, 1.807) is 28.8 Å². The van der Waals surface area contributed by atoms with Crippen LogP contribution in [0, 0.1) is 18.8 Å². The number of carbonyl (C=O) groups excluding carboxylic acids is 1. The van der Waals surface area contributed by atoms with Crippen molar-refractivity contribution in [1.82, 2.24) is 9.47 Å². The van der Waals surface area contributed by atoms with E-state index in [1.165, 1.54) is 0 Å². The number of aromatic nitrogens is 1. The molecular weight excluding hydrogens is 596 g/mol. The Kier molecular flexibility index (Phi) is 15.8. The third kappa shape index (κ3) is 13.1. The number of thioether (sulfide) groups is 1. The molecule has 0 bridgehead atoms. The van der Waals surface area contributed by atoms with E-state index >= 15 is 0 Å². The van der Waals surface area contributed by atoms with E-state index in [0.717, 1.165) is 59.5 Å². The van der Waals surface area contributed by atoms with Gasteiger partial charge in [0.15, 0.2) is 0 Å². The van der Waals surface area contributed by atoms with Gasteiger partial charge >= 0.3 is 6.09 Å². The molecule has 2 atom stereocenters. The van der Waals surface area contributed by atoms with Gasteiger partial charge in [-0.15, -0.1) is 11.8 Å². The molecule has 0 saturated heterocycles. The largest absolute Gasteiger partial charge is 0.444 e. The molecule has 1 heterocycles. The summed E-state index contributed by atoms with van der Waals surface area (Å²) in [4.78, 5) is 24.8. The van der Waals surface area contributed by atoms with E-state index in [1.807, 2.05) is 32.9 Å². The summed E-state index contributed by atoms with van der Waals surface area (Å²) in [5.41, 5.74) is 3.24. The highest BCUT2D eigenvalue weighted by molar-refractivity contribution is 8.13. The van der Waals surface area contributed by atoms with Crippen LogP contribution < -0.4 is 5.49 Å². The number of hydrogen-bond donors (Lipinski definition) is 0. The molecule has 2 rings (SSSR count). The minimum Gasteiger partial charge on any atom is -0.444 e. The number of allylic oxidation sites excluding steroid dienone is 4. The summed E-state index contributed by atoms with van der Waals surface area (Å²) in [5, 5.41) is 1.10. The third-order valence-corrected chi connectivity index (χ3v) is 8.74. The average molecular weight is 655 g/mol. The van der Waals surface area contributed by atoms with Crippen LogP contribution in [0.1, 0.15) is 105 Å². The number of nitrogens with zero attached hydrogens (tertiary/aromatic N) is 4. The van der Waals surface area contributed by atoms with Crippen molar-refractivity contribution in [3.8, 4) is 0 Å². The second kappa shape index (κ2) is 18.5. The van der Waals surface area contributed by atoms with E-state index in [0.29, 0.717) is 26.1 Å². The highest BCUT2D eigenvalue weighted by Gasteiger charge is 2.22. The number of halogens is 1. The molecule has 1 aromatic rings. The van der Waals surface area contributed by atoms with Crippen LogP contribution in [0.3, 0.4) is 0 Å². The number of aryl methyl sites for hydroxylation is 1. The molecule has 0 N–H and O–H groups in total. The molecule has 6 nitrogen and oxygen atoms in total. The Morgan fingerprint density at radius 3 is 2.52 bits per heavy atom. The van der Waals surface area contributed by atoms with Crippen molar-refractivity contribution in [2.24, 2.45) is 21.8 Å². The first-order valence-corrected chi connectivity index (χ1v) is 18.1. The topological polar surface area (TPSA) is 59.2 Å². The molecule has 8 heteroatoms. The van der Waals surface area contributed by atoms with E-state index in [4.69, 9.17) is 14.7 Å². The van der Waals surface area contributed by atoms with Crippen molar-refractivity contribution >= 4 is 34.7 Å². The number of hydrogen-bond acceptors (Lipinski definition) is 5. The van der Waals surface area contributed by atoms with Gasteiger partial charge in [-0.25, -0.2) is 9.18 Å². The summed E-state index contributed by atoms with van der Waals surface area (Å²) in [6, 6.07) is 2.15. The third-order valence-electron chi connectivity index (χ3n) is 7.86. The zero-order chi connectivity index (χ0) is 34.5. The second-order valence-corrected chi connectivity index (χ2v) is 14.7. The van der Waals surface area contributed by atoms with Crippen molar-refractivity contribution in [1.29, 1.82) is 0 Å². The van der Waals surface area contributed by atoms with Crippen LogP contribution in [0.2, 0.25) is 0 Å². The maximum Gasteiger partial charge on any atom is 0.410 e. The average Bonchev–Trinajstić information content (AvgIpc) is 2.96. The van der Waals surface area contributed by atoms with Crippen molar-refractivity contribution in [2.45, 2.75) is 112 Å². The zero-order valence-electron chi connectivity index (χ0n) is 30.2. The Morgan fingerprint density at radius 2 is 1.96 bits per heavy atom. The maximum absolute atomic E-state index is 13.5. The van der Waals surface area contributed by atoms with Gasteiger partial charge in [0, 0.05) is 43.4 Å². The minimum atomic E-state index is -0.541. The quantitative estimate of drug-likeness (QED) is 0.140. The van der Waals surface area contributed by atoms with E-state index in [9.17, 15) is 9.18 Å². The fourth-order valence-corrected chi connectivity index (χ4v) is 6.22. The molecule has 0 radical (unpaired) electrons. The highest BCUT2D eigenvalue weighted by Crippen LogP contribution is 2.26. The zero-order valence-corrected chi connectivity index (χ0v) is 31.0. The summed E-state index contributed by atoms with van der Waals surface area (Å²) in [6.45, 7) is 24.9. The molecule has 0 spiro atoms. The Hall–Kier alpha value is -2.87. The Labute approximate surface area is 282 Å². The molecule has 1 aromatic heterocycles. The lowest BCUT2D eigenvalue weighted by molar-refractivity contribution is 0.0272. The standard InChI is InChI=1S/C38H59FN4O2S/c1-12-21-38(9,10)41-34-24-28(4)32(16-15-23-42(22-13-2)36(44)45-37(6,7)8)27-43(34)29(5)25-31(14-3)35(46-11)40-26-30-17-19-33(39)20-18-30/h15-17,19-20,24,27,30-31H,5,12-14,18,21-23,25-26H2,1-4,6-11H3. The van der Waals surface area contributed by atoms with Crippen molar-refractivity contribution in [3.05, 3.63) is 65.6 Å². The number of pyridine rings is 1. The molecule has 0 aromatic carbocycles. The first kappa shape index (κ1) is 39.3. The van der Waals surface area contributed by atoms with Gasteiger partial charge in [0.05, 0.1) is 10.6 Å². The Morgan fingerprint density at radius 1 is 1.24 bits per heavy atom. The molecule has 0 fully saturated rings. The van der Waals surface area contributed by atoms with Gasteiger partial charge in [-0.3, -0.25) is 9.98 Å². The molecule has 46 heavy (non-hydrogen) atoms. The van der Waals surface area contributed by atoms with Gasteiger partial charge < -0.3 is 14.2 Å². The minimum absolute atomic E-state index is 0.165. The van der Waals surface area contributed by atoms with Crippen LogP contribution in [0.15, 0.2) is 59.0 Å². The lowest BCUT2D eigenvalue weighted by Gasteiger charge is -2.26. The van der Waals surface area contributed by atoms with Crippen LogP contribution in [-0.4, -0.2) is 57.6 Å². The van der Waals surface area contributed by atoms with E-state index < -0.39 is 5.60 Å². The normalized spacial score (nSPS) is 16.9. The van der Waals surface area contributed by atoms with Gasteiger partial charge in [-0.05, 0) is 109 Å². The lowest BCUT2D eigenvalue weighted by Crippen LogP contribution is -2.37. The highest BCUT2D eigenvalue weighted by atomic mass is 32.2. The van der Waals surface area contributed by atoms with Gasteiger partial charge in [0.25, 0.3) is 0 Å². The van der Waals surface area contributed by atoms with Crippen molar-refractivity contribution in [2.75, 3.05) is 25.9 Å². The van der Waals surface area contributed by atoms with Crippen LogP contribution in [0.4, 0.5) is 9.18 Å². The van der Waals surface area contributed by atoms with Gasteiger partial charge in [0.1, 0.15) is 16.9 Å². The number of ether oxygens (including phenoxy) is 1. The molecular formula is C38H59FN4O2S. The second-order valence-electron chi connectivity index (χ2n) is 13.8.